The first-order chi connectivity index (χ1) is 10.7. The van der Waals surface area contributed by atoms with Gasteiger partial charge in [-0.3, -0.25) is 0 Å². The standard InChI is InChI=1S/C20H30N2/c1-3-7-16-12-13-17-8-4-5-11-20(17)22(15(16)2)19-10-6-9-18(21)14-19/h4-5,8,11,18-19H,3,6-7,9-10,12-14,21H2,1-2H3. The van der Waals surface area contributed by atoms with Crippen LogP contribution in [0, 0.1) is 0 Å². The maximum atomic E-state index is 6.29. The Hall–Kier alpha value is -1.28. The molecule has 0 bridgehead atoms. The highest BCUT2D eigenvalue weighted by Gasteiger charge is 2.29. The number of allylic oxidation sites excluding steroid dienone is 2. The molecule has 2 aliphatic rings. The number of benzene rings is 1. The van der Waals surface area contributed by atoms with Gasteiger partial charge in [0.2, 0.25) is 0 Å². The summed E-state index contributed by atoms with van der Waals surface area (Å²) in [5, 5.41) is 0. The van der Waals surface area contributed by atoms with Crippen molar-refractivity contribution in [3.63, 3.8) is 0 Å². The van der Waals surface area contributed by atoms with E-state index >= 15 is 0 Å². The lowest BCUT2D eigenvalue weighted by Crippen LogP contribution is -2.42. The summed E-state index contributed by atoms with van der Waals surface area (Å²) in [6, 6.07) is 9.95. The van der Waals surface area contributed by atoms with E-state index in [-0.39, 0.29) is 0 Å². The molecular weight excluding hydrogens is 268 g/mol. The van der Waals surface area contributed by atoms with Crippen LogP contribution in [0.3, 0.4) is 0 Å². The zero-order chi connectivity index (χ0) is 15.5. The van der Waals surface area contributed by atoms with E-state index in [1.54, 1.807) is 5.57 Å². The average molecular weight is 298 g/mol. The van der Waals surface area contributed by atoms with E-state index in [2.05, 4.69) is 43.0 Å². The van der Waals surface area contributed by atoms with E-state index in [1.807, 2.05) is 0 Å². The molecule has 1 aromatic carbocycles. The second-order valence-electron chi connectivity index (χ2n) is 7.02. The highest BCUT2D eigenvalue weighted by Crippen LogP contribution is 2.38. The average Bonchev–Trinajstić information content (AvgIpc) is 2.65. The molecule has 0 radical (unpaired) electrons. The highest BCUT2D eigenvalue weighted by molar-refractivity contribution is 5.61. The fourth-order valence-electron chi connectivity index (χ4n) is 4.29. The lowest BCUT2D eigenvalue weighted by molar-refractivity contribution is 0.383. The van der Waals surface area contributed by atoms with Crippen LogP contribution in [0.5, 0.6) is 0 Å². The molecule has 0 spiro atoms. The molecular formula is C20H30N2. The molecule has 22 heavy (non-hydrogen) atoms. The molecule has 0 saturated heterocycles. The predicted octanol–water partition coefficient (Wildman–Crippen LogP) is 4.78. The molecule has 2 unspecified atom stereocenters. The molecule has 1 heterocycles. The fraction of sp³-hybridized carbons (Fsp3) is 0.600. The number of rotatable bonds is 3. The number of nitrogens with zero attached hydrogens (tertiary/aromatic N) is 1. The fourth-order valence-corrected chi connectivity index (χ4v) is 4.29. The minimum absolute atomic E-state index is 0.372. The van der Waals surface area contributed by atoms with Crippen molar-refractivity contribution in [2.24, 2.45) is 5.73 Å². The Bertz CT molecular complexity index is 546. The van der Waals surface area contributed by atoms with Crippen LogP contribution in [0.4, 0.5) is 5.69 Å². The first-order valence-corrected chi connectivity index (χ1v) is 9.02. The third-order valence-electron chi connectivity index (χ3n) is 5.42. The van der Waals surface area contributed by atoms with Crippen LogP contribution in [0.15, 0.2) is 35.5 Å². The smallest absolute Gasteiger partial charge is 0.0443 e. The third kappa shape index (κ3) is 3.08. The summed E-state index contributed by atoms with van der Waals surface area (Å²) >= 11 is 0. The van der Waals surface area contributed by atoms with Gasteiger partial charge in [-0.15, -0.1) is 0 Å². The Morgan fingerprint density at radius 2 is 2.00 bits per heavy atom. The predicted molar refractivity (Wildman–Crippen MR) is 95.1 cm³/mol. The molecule has 3 rings (SSSR count). The van der Waals surface area contributed by atoms with Gasteiger partial charge in [0.05, 0.1) is 0 Å². The number of hydrogen-bond acceptors (Lipinski definition) is 2. The molecule has 120 valence electrons. The van der Waals surface area contributed by atoms with E-state index in [9.17, 15) is 0 Å². The van der Waals surface area contributed by atoms with Gasteiger partial charge in [-0.1, -0.05) is 37.1 Å². The summed E-state index contributed by atoms with van der Waals surface area (Å²) < 4.78 is 0. The van der Waals surface area contributed by atoms with E-state index < -0.39 is 0 Å². The number of fused-ring (bicyclic) bond motifs is 1. The van der Waals surface area contributed by atoms with E-state index in [0.29, 0.717) is 12.1 Å². The Labute approximate surface area is 135 Å². The molecule has 0 aromatic heterocycles. The zero-order valence-corrected chi connectivity index (χ0v) is 14.1. The number of anilines is 1. The molecule has 1 aliphatic carbocycles. The quantitative estimate of drug-likeness (QED) is 0.870. The zero-order valence-electron chi connectivity index (χ0n) is 14.1. The molecule has 1 aromatic rings. The van der Waals surface area contributed by atoms with Gasteiger partial charge in [0.15, 0.2) is 0 Å². The van der Waals surface area contributed by atoms with Crippen LogP contribution >= 0.6 is 0 Å². The lowest BCUT2D eigenvalue weighted by atomic mass is 9.89. The van der Waals surface area contributed by atoms with Gasteiger partial charge in [-0.25, -0.2) is 0 Å². The lowest BCUT2D eigenvalue weighted by Gasteiger charge is -2.39. The first kappa shape index (κ1) is 15.6. The molecule has 2 heteroatoms. The van der Waals surface area contributed by atoms with Gasteiger partial charge >= 0.3 is 0 Å². The second kappa shape index (κ2) is 6.87. The van der Waals surface area contributed by atoms with Crippen molar-refractivity contribution in [3.8, 4) is 0 Å². The normalized spacial score (nSPS) is 25.9. The van der Waals surface area contributed by atoms with Crippen molar-refractivity contribution in [2.75, 3.05) is 4.90 Å². The monoisotopic (exact) mass is 298 g/mol. The van der Waals surface area contributed by atoms with Crippen LogP contribution in [-0.2, 0) is 6.42 Å². The Morgan fingerprint density at radius 1 is 1.18 bits per heavy atom. The Morgan fingerprint density at radius 3 is 2.77 bits per heavy atom. The largest absolute Gasteiger partial charge is 0.342 e. The van der Waals surface area contributed by atoms with Gasteiger partial charge in [0.25, 0.3) is 0 Å². The third-order valence-corrected chi connectivity index (χ3v) is 5.42. The number of aryl methyl sites for hydroxylation is 1. The van der Waals surface area contributed by atoms with Crippen LogP contribution in [0.25, 0.3) is 0 Å². The minimum Gasteiger partial charge on any atom is -0.342 e. The summed E-state index contributed by atoms with van der Waals surface area (Å²) in [5.41, 5.74) is 12.4. The highest BCUT2D eigenvalue weighted by atomic mass is 15.2. The van der Waals surface area contributed by atoms with E-state index in [4.69, 9.17) is 5.73 Å². The van der Waals surface area contributed by atoms with Crippen molar-refractivity contribution in [1.82, 2.24) is 0 Å². The molecule has 1 fully saturated rings. The van der Waals surface area contributed by atoms with E-state index in [0.717, 1.165) is 6.42 Å². The van der Waals surface area contributed by atoms with Crippen molar-refractivity contribution in [3.05, 3.63) is 41.1 Å². The molecule has 2 nitrogen and oxygen atoms in total. The number of hydrogen-bond donors (Lipinski definition) is 1. The van der Waals surface area contributed by atoms with Gasteiger partial charge in [-0.2, -0.15) is 0 Å². The summed E-state index contributed by atoms with van der Waals surface area (Å²) in [4.78, 5) is 2.65. The van der Waals surface area contributed by atoms with Gasteiger partial charge in [0, 0.05) is 23.5 Å². The summed E-state index contributed by atoms with van der Waals surface area (Å²) in [7, 11) is 0. The molecule has 0 amide bonds. The van der Waals surface area contributed by atoms with Crippen LogP contribution in [0.1, 0.15) is 64.4 Å². The van der Waals surface area contributed by atoms with Crippen LogP contribution in [-0.4, -0.2) is 12.1 Å². The number of nitrogens with two attached hydrogens (primary N) is 1. The Kier molecular flexibility index (Phi) is 4.87. The summed E-state index contributed by atoms with van der Waals surface area (Å²) in [6.07, 6.45) is 9.72. The van der Waals surface area contributed by atoms with Gasteiger partial charge in [0.1, 0.15) is 0 Å². The van der Waals surface area contributed by atoms with Crippen LogP contribution < -0.4 is 10.6 Å². The molecule has 2 atom stereocenters. The van der Waals surface area contributed by atoms with Crippen LogP contribution in [0.2, 0.25) is 0 Å². The SMILES string of the molecule is CCCC1=C(C)N(C2CCCC(N)C2)c2ccccc2CC1. The van der Waals surface area contributed by atoms with Crippen molar-refractivity contribution in [1.29, 1.82) is 0 Å². The Balaban J connectivity index is 2.01. The number of para-hydroxylation sites is 1. The van der Waals surface area contributed by atoms with Crippen molar-refractivity contribution in [2.45, 2.75) is 77.3 Å². The van der Waals surface area contributed by atoms with E-state index in [1.165, 1.54) is 61.9 Å². The van der Waals surface area contributed by atoms with Gasteiger partial charge < -0.3 is 10.6 Å². The summed E-state index contributed by atoms with van der Waals surface area (Å²) in [5.74, 6) is 0. The maximum Gasteiger partial charge on any atom is 0.0443 e. The molecule has 1 aliphatic heterocycles. The van der Waals surface area contributed by atoms with Crippen molar-refractivity contribution >= 4 is 5.69 Å². The van der Waals surface area contributed by atoms with Gasteiger partial charge in [-0.05, 0) is 63.5 Å². The topological polar surface area (TPSA) is 29.3 Å². The minimum atomic E-state index is 0.372. The first-order valence-electron chi connectivity index (χ1n) is 9.02. The summed E-state index contributed by atoms with van der Waals surface area (Å²) in [6.45, 7) is 4.63. The molecule has 1 saturated carbocycles. The molecule has 2 N–H and O–H groups in total. The second-order valence-corrected chi connectivity index (χ2v) is 7.02. The van der Waals surface area contributed by atoms with Crippen molar-refractivity contribution < 1.29 is 0 Å². The maximum absolute atomic E-state index is 6.29.